The number of alkyl halides is 3. The Kier molecular flexibility index (Phi) is 9.12. The van der Waals surface area contributed by atoms with Gasteiger partial charge in [-0.25, -0.2) is 0 Å². The highest BCUT2D eigenvalue weighted by Crippen LogP contribution is 2.39. The fraction of sp³-hybridized carbons (Fsp3) is 0.286. The van der Waals surface area contributed by atoms with Crippen molar-refractivity contribution in [2.75, 3.05) is 25.1 Å². The lowest BCUT2D eigenvalue weighted by Crippen LogP contribution is -2.34. The van der Waals surface area contributed by atoms with Crippen LogP contribution >= 0.6 is 23.8 Å². The zero-order chi connectivity index (χ0) is 27.1. The highest BCUT2D eigenvalue weighted by molar-refractivity contribution is 7.80. The molecule has 38 heavy (non-hydrogen) atoms. The maximum Gasteiger partial charge on any atom is 0.416 e. The maximum atomic E-state index is 12.8. The smallest absolute Gasteiger partial charge is 0.416 e. The number of amides is 1. The number of carbonyl (C=O) groups excluding carboxylic acids is 1. The van der Waals surface area contributed by atoms with Crippen LogP contribution in [0.25, 0.3) is 0 Å². The van der Waals surface area contributed by atoms with Gasteiger partial charge in [0.15, 0.2) is 0 Å². The minimum Gasteiger partial charge on any atom is -0.494 e. The summed E-state index contributed by atoms with van der Waals surface area (Å²) in [6, 6.07) is 16.9. The Morgan fingerprint density at radius 1 is 0.974 bits per heavy atom. The van der Waals surface area contributed by atoms with E-state index < -0.39 is 17.6 Å². The molecule has 1 amide bonds. The lowest BCUT2D eigenvalue weighted by Gasteiger charge is -2.17. The molecule has 1 atom stereocenters. The van der Waals surface area contributed by atoms with E-state index in [1.165, 1.54) is 0 Å². The number of hydrogen-bond acceptors (Lipinski definition) is 5. The van der Waals surface area contributed by atoms with Crippen molar-refractivity contribution in [1.82, 2.24) is 5.32 Å². The van der Waals surface area contributed by atoms with Gasteiger partial charge in [-0.1, -0.05) is 29.9 Å². The van der Waals surface area contributed by atoms with E-state index in [-0.39, 0.29) is 16.5 Å². The van der Waals surface area contributed by atoms with Crippen LogP contribution in [0.15, 0.2) is 66.7 Å². The van der Waals surface area contributed by atoms with Crippen LogP contribution in [-0.2, 0) is 6.18 Å². The molecule has 0 saturated heterocycles. The van der Waals surface area contributed by atoms with Crippen LogP contribution in [0.4, 0.5) is 18.9 Å². The number of halogens is 4. The van der Waals surface area contributed by atoms with Crippen molar-refractivity contribution in [3.05, 3.63) is 88.4 Å². The second kappa shape index (κ2) is 12.5. The van der Waals surface area contributed by atoms with Crippen LogP contribution in [-0.4, -0.2) is 30.7 Å². The number of benzene rings is 3. The summed E-state index contributed by atoms with van der Waals surface area (Å²) in [6.45, 7) is 1.58. The summed E-state index contributed by atoms with van der Waals surface area (Å²) in [5.41, 5.74) is 1.00. The van der Waals surface area contributed by atoms with Crippen LogP contribution in [0, 0.1) is 0 Å². The molecule has 1 unspecified atom stereocenters. The first-order valence-electron chi connectivity index (χ1n) is 12.1. The Hall–Kier alpha value is -3.30. The SMILES string of the molecule is O=C(NC(=S)C1CNc2cccc(OCCCCCOc3ccc(Cl)cc3)c21)c1ccc(C(F)(F)F)cc1. The summed E-state index contributed by atoms with van der Waals surface area (Å²) in [7, 11) is 0. The van der Waals surface area contributed by atoms with E-state index >= 15 is 0 Å². The summed E-state index contributed by atoms with van der Waals surface area (Å²) >= 11 is 11.4. The Labute approximate surface area is 229 Å². The van der Waals surface area contributed by atoms with Crippen molar-refractivity contribution in [3.8, 4) is 11.5 Å². The predicted octanol–water partition coefficient (Wildman–Crippen LogP) is 7.25. The molecule has 0 radical (unpaired) electrons. The number of thiocarbonyl (C=S) groups is 1. The van der Waals surface area contributed by atoms with Gasteiger partial charge in [-0.15, -0.1) is 0 Å². The van der Waals surface area contributed by atoms with E-state index in [1.54, 1.807) is 12.1 Å². The van der Waals surface area contributed by atoms with Crippen molar-refractivity contribution in [3.63, 3.8) is 0 Å². The third-order valence-electron chi connectivity index (χ3n) is 6.07. The largest absolute Gasteiger partial charge is 0.494 e. The highest BCUT2D eigenvalue weighted by Gasteiger charge is 2.32. The summed E-state index contributed by atoms with van der Waals surface area (Å²) in [6.07, 6.45) is -1.83. The molecular formula is C28H26ClF3N2O3S. The average molecular weight is 563 g/mol. The number of rotatable bonds is 10. The van der Waals surface area contributed by atoms with E-state index in [1.807, 2.05) is 30.3 Å². The lowest BCUT2D eigenvalue weighted by atomic mass is 9.99. The Balaban J connectivity index is 1.27. The molecule has 5 nitrogen and oxygen atoms in total. The van der Waals surface area contributed by atoms with Crippen molar-refractivity contribution < 1.29 is 27.4 Å². The molecule has 10 heteroatoms. The van der Waals surface area contributed by atoms with Gasteiger partial charge in [-0.2, -0.15) is 13.2 Å². The van der Waals surface area contributed by atoms with E-state index in [0.717, 1.165) is 60.5 Å². The Morgan fingerprint density at radius 3 is 2.34 bits per heavy atom. The average Bonchev–Trinajstić information content (AvgIpc) is 3.34. The van der Waals surface area contributed by atoms with Gasteiger partial charge < -0.3 is 20.1 Å². The molecular weight excluding hydrogens is 537 g/mol. The van der Waals surface area contributed by atoms with Crippen LogP contribution in [0.1, 0.15) is 46.7 Å². The van der Waals surface area contributed by atoms with Crippen molar-refractivity contribution in [2.24, 2.45) is 0 Å². The van der Waals surface area contributed by atoms with Gasteiger partial charge in [-0.05, 0) is 79.9 Å². The summed E-state index contributed by atoms with van der Waals surface area (Å²) in [5, 5.41) is 6.61. The van der Waals surface area contributed by atoms with Crippen molar-refractivity contribution in [1.29, 1.82) is 0 Å². The second-order valence-electron chi connectivity index (χ2n) is 8.76. The van der Waals surface area contributed by atoms with Crippen molar-refractivity contribution >= 4 is 40.4 Å². The van der Waals surface area contributed by atoms with E-state index in [0.29, 0.717) is 30.5 Å². The van der Waals surface area contributed by atoms with Gasteiger partial charge in [0.05, 0.1) is 29.7 Å². The number of ether oxygens (including phenoxy) is 2. The number of unbranched alkanes of at least 4 members (excludes halogenated alkanes) is 2. The number of nitrogens with one attached hydrogen (secondary N) is 2. The molecule has 0 bridgehead atoms. The first-order valence-corrected chi connectivity index (χ1v) is 12.9. The monoisotopic (exact) mass is 562 g/mol. The Morgan fingerprint density at radius 2 is 1.66 bits per heavy atom. The summed E-state index contributed by atoms with van der Waals surface area (Å²) in [5.74, 6) is 0.588. The molecule has 1 aliphatic heterocycles. The highest BCUT2D eigenvalue weighted by atomic mass is 35.5. The first-order chi connectivity index (χ1) is 18.2. The zero-order valence-electron chi connectivity index (χ0n) is 20.3. The quantitative estimate of drug-likeness (QED) is 0.201. The molecule has 0 aliphatic carbocycles. The summed E-state index contributed by atoms with van der Waals surface area (Å²) < 4.78 is 50.2. The zero-order valence-corrected chi connectivity index (χ0v) is 21.9. The molecule has 0 saturated carbocycles. The molecule has 0 spiro atoms. The van der Waals surface area contributed by atoms with Gasteiger partial charge in [0.2, 0.25) is 0 Å². The molecule has 2 N–H and O–H groups in total. The topological polar surface area (TPSA) is 59.6 Å². The molecule has 1 heterocycles. The fourth-order valence-electron chi connectivity index (χ4n) is 4.09. The van der Waals surface area contributed by atoms with Crippen LogP contribution < -0.4 is 20.1 Å². The number of hydrogen-bond donors (Lipinski definition) is 2. The van der Waals surface area contributed by atoms with E-state index in [9.17, 15) is 18.0 Å². The fourth-order valence-corrected chi connectivity index (χ4v) is 4.51. The van der Waals surface area contributed by atoms with Gasteiger partial charge in [0.1, 0.15) is 11.5 Å². The molecule has 1 aliphatic rings. The van der Waals surface area contributed by atoms with Gasteiger partial charge in [-0.3, -0.25) is 4.79 Å². The minimum absolute atomic E-state index is 0.0936. The van der Waals surface area contributed by atoms with Crippen LogP contribution in [0.3, 0.4) is 0 Å². The van der Waals surface area contributed by atoms with Crippen LogP contribution in [0.5, 0.6) is 11.5 Å². The maximum absolute atomic E-state index is 12.8. The van der Waals surface area contributed by atoms with Crippen molar-refractivity contribution in [2.45, 2.75) is 31.4 Å². The molecule has 200 valence electrons. The van der Waals surface area contributed by atoms with Crippen LogP contribution in [0.2, 0.25) is 5.02 Å². The van der Waals surface area contributed by atoms with Gasteiger partial charge >= 0.3 is 6.18 Å². The third kappa shape index (κ3) is 7.17. The molecule has 0 aromatic heterocycles. The van der Waals surface area contributed by atoms with E-state index in [4.69, 9.17) is 33.3 Å². The lowest BCUT2D eigenvalue weighted by molar-refractivity contribution is -0.137. The van der Waals surface area contributed by atoms with E-state index in [2.05, 4.69) is 10.6 Å². The number of anilines is 1. The molecule has 3 aromatic rings. The molecule has 0 fully saturated rings. The minimum atomic E-state index is -4.47. The molecule has 4 rings (SSSR count). The summed E-state index contributed by atoms with van der Waals surface area (Å²) in [4.78, 5) is 12.9. The standard InChI is InChI=1S/C28H26ClF3N2O3S/c29-20-11-13-21(14-12-20)36-15-2-1-3-16-37-24-6-4-5-23-25(24)22(17-33-23)27(38)34-26(35)18-7-9-19(10-8-18)28(30,31)32/h4-14,22,33H,1-3,15-17H2,(H,34,35,38). The predicted molar refractivity (Wildman–Crippen MR) is 145 cm³/mol. The van der Waals surface area contributed by atoms with Gasteiger partial charge in [0, 0.05) is 28.4 Å². The second-order valence-corrected chi connectivity index (χ2v) is 9.63. The first kappa shape index (κ1) is 27.7. The number of fused-ring (bicyclic) bond motifs is 1. The normalized spacial score (nSPS) is 14.4. The Bertz CT molecular complexity index is 1270. The third-order valence-corrected chi connectivity index (χ3v) is 6.71. The van der Waals surface area contributed by atoms with Gasteiger partial charge in [0.25, 0.3) is 5.91 Å². The molecule has 3 aromatic carbocycles. The number of carbonyl (C=O) groups is 1.